The number of fused-ring (bicyclic) bond motifs is 1. The summed E-state index contributed by atoms with van der Waals surface area (Å²) >= 11 is 0. The quantitative estimate of drug-likeness (QED) is 0.457. The maximum atomic E-state index is 12.3. The van der Waals surface area contributed by atoms with Crippen molar-refractivity contribution >= 4 is 11.9 Å². The smallest absolute Gasteiger partial charge is 0.338 e. The van der Waals surface area contributed by atoms with Gasteiger partial charge in [-0.2, -0.15) is 0 Å². The van der Waals surface area contributed by atoms with Gasteiger partial charge in [0.2, 0.25) is 5.91 Å². The number of carbonyl (C=O) groups is 2. The van der Waals surface area contributed by atoms with E-state index in [1.807, 2.05) is 24.3 Å². The summed E-state index contributed by atoms with van der Waals surface area (Å²) in [7, 11) is 0. The molecule has 2 rings (SSSR count). The number of rotatable bonds is 7. The molecule has 0 fully saturated rings. The summed E-state index contributed by atoms with van der Waals surface area (Å²) in [4.78, 5) is 23.7. The molecule has 1 amide bonds. The Morgan fingerprint density at radius 1 is 1.16 bits per heavy atom. The number of ether oxygens (including phenoxy) is 1. The molecule has 0 aromatic rings. The van der Waals surface area contributed by atoms with Crippen LogP contribution in [0.4, 0.5) is 0 Å². The van der Waals surface area contributed by atoms with Gasteiger partial charge in [-0.15, -0.1) is 0 Å². The number of esters is 1. The van der Waals surface area contributed by atoms with Crippen LogP contribution in [0.3, 0.4) is 0 Å². The van der Waals surface area contributed by atoms with Crippen LogP contribution >= 0.6 is 0 Å². The van der Waals surface area contributed by atoms with Crippen LogP contribution in [0.1, 0.15) is 48.7 Å². The number of amides is 1. The first-order chi connectivity index (χ1) is 12.0. The minimum absolute atomic E-state index is 0.0733. The molecule has 5 heteroatoms. The Morgan fingerprint density at radius 2 is 1.84 bits per heavy atom. The van der Waals surface area contributed by atoms with Crippen molar-refractivity contribution in [2.75, 3.05) is 6.61 Å². The molecule has 134 valence electrons. The van der Waals surface area contributed by atoms with Gasteiger partial charge in [0.15, 0.2) is 0 Å². The van der Waals surface area contributed by atoms with Gasteiger partial charge < -0.3 is 4.74 Å². The molecule has 0 atom stereocenters. The summed E-state index contributed by atoms with van der Waals surface area (Å²) < 4.78 is 5.18. The van der Waals surface area contributed by atoms with Crippen LogP contribution in [0.15, 0.2) is 30.3 Å². The largest absolute Gasteiger partial charge is 0.462 e. The van der Waals surface area contributed by atoms with E-state index in [0.717, 1.165) is 35.1 Å². The first-order valence-electron chi connectivity index (χ1n) is 8.60. The van der Waals surface area contributed by atoms with Crippen molar-refractivity contribution < 1.29 is 19.5 Å². The second-order valence-corrected chi connectivity index (χ2v) is 6.52. The second kappa shape index (κ2) is 8.62. The number of hydrogen-bond acceptors (Lipinski definition) is 4. The maximum absolute atomic E-state index is 12.3. The van der Waals surface area contributed by atoms with E-state index in [1.165, 1.54) is 0 Å². The van der Waals surface area contributed by atoms with Crippen LogP contribution in [0.25, 0.3) is 11.1 Å². The van der Waals surface area contributed by atoms with Crippen LogP contribution in [0.2, 0.25) is 0 Å². The standard InChI is InChI=1S/C20H25NO4/c1-4-25-20(23)18-12-15(8-5-13(2)3)16-9-6-14(7-10-17(16)18)11-19(22)21-24/h6-7,9-10,12-13,24H,4-5,8,11H2,1-3H3,(H,21,22). The average Bonchev–Trinajstić information content (AvgIpc) is 2.80. The highest BCUT2D eigenvalue weighted by molar-refractivity contribution is 6.00. The van der Waals surface area contributed by atoms with E-state index in [0.29, 0.717) is 18.1 Å². The molecule has 0 saturated heterocycles. The molecule has 0 aliphatic heterocycles. The summed E-state index contributed by atoms with van der Waals surface area (Å²) in [6.45, 7) is 6.45. The number of aryl methyl sites for hydroxylation is 1. The van der Waals surface area contributed by atoms with Crippen molar-refractivity contribution in [1.29, 1.82) is 0 Å². The first-order valence-corrected chi connectivity index (χ1v) is 8.60. The van der Waals surface area contributed by atoms with Crippen molar-refractivity contribution in [2.45, 2.75) is 40.0 Å². The van der Waals surface area contributed by atoms with Crippen molar-refractivity contribution in [1.82, 2.24) is 5.48 Å². The minimum Gasteiger partial charge on any atom is -0.462 e. The number of nitrogens with one attached hydrogen (secondary N) is 1. The van der Waals surface area contributed by atoms with E-state index in [-0.39, 0.29) is 12.4 Å². The molecule has 2 aliphatic carbocycles. The van der Waals surface area contributed by atoms with Gasteiger partial charge in [-0.25, -0.2) is 10.3 Å². The molecule has 0 bridgehead atoms. The lowest BCUT2D eigenvalue weighted by Gasteiger charge is -2.04. The summed E-state index contributed by atoms with van der Waals surface area (Å²) in [5, 5.41) is 8.69. The van der Waals surface area contributed by atoms with E-state index >= 15 is 0 Å². The molecule has 0 saturated carbocycles. The fourth-order valence-corrected chi connectivity index (χ4v) is 2.83. The van der Waals surface area contributed by atoms with Crippen molar-refractivity contribution in [2.24, 2.45) is 5.92 Å². The van der Waals surface area contributed by atoms with Gasteiger partial charge in [-0.05, 0) is 54.0 Å². The molecular weight excluding hydrogens is 318 g/mol. The van der Waals surface area contributed by atoms with Crippen molar-refractivity contribution in [3.8, 4) is 11.1 Å². The SMILES string of the molecule is CCOC(=O)c1cc(CCC(C)C)c2ccc(CC(=O)NO)ccc1-2. The molecule has 0 unspecified atom stereocenters. The monoisotopic (exact) mass is 343 g/mol. The van der Waals surface area contributed by atoms with Crippen LogP contribution in [-0.2, 0) is 22.4 Å². The van der Waals surface area contributed by atoms with Gasteiger partial charge >= 0.3 is 5.97 Å². The fourth-order valence-electron chi connectivity index (χ4n) is 2.83. The summed E-state index contributed by atoms with van der Waals surface area (Å²) in [5.74, 6) is -0.238. The number of carbonyl (C=O) groups excluding carboxylic acids is 2. The highest BCUT2D eigenvalue weighted by Crippen LogP contribution is 2.34. The van der Waals surface area contributed by atoms with Crippen LogP contribution < -0.4 is 5.48 Å². The van der Waals surface area contributed by atoms with E-state index < -0.39 is 5.91 Å². The van der Waals surface area contributed by atoms with Gasteiger partial charge in [0, 0.05) is 0 Å². The predicted octanol–water partition coefficient (Wildman–Crippen LogP) is 3.60. The Labute approximate surface area is 148 Å². The molecule has 0 spiro atoms. The van der Waals surface area contributed by atoms with Gasteiger partial charge in [0.25, 0.3) is 0 Å². The van der Waals surface area contributed by atoms with Crippen molar-refractivity contribution in [3.05, 3.63) is 47.0 Å². The van der Waals surface area contributed by atoms with Crippen LogP contribution in [-0.4, -0.2) is 23.7 Å². The summed E-state index contributed by atoms with van der Waals surface area (Å²) in [6.07, 6.45) is 1.98. The average molecular weight is 343 g/mol. The van der Waals surface area contributed by atoms with Gasteiger partial charge in [-0.1, -0.05) is 38.1 Å². The Morgan fingerprint density at radius 3 is 2.44 bits per heavy atom. The van der Waals surface area contributed by atoms with E-state index in [9.17, 15) is 9.59 Å². The second-order valence-electron chi connectivity index (χ2n) is 6.52. The predicted molar refractivity (Wildman–Crippen MR) is 95.8 cm³/mol. The Hall–Kier alpha value is -2.40. The Bertz CT molecular complexity index is 724. The summed E-state index contributed by atoms with van der Waals surface area (Å²) in [5.41, 5.74) is 5.89. The Kier molecular flexibility index (Phi) is 6.53. The molecule has 5 nitrogen and oxygen atoms in total. The molecule has 2 aliphatic rings. The Balaban J connectivity index is 2.45. The first kappa shape index (κ1) is 18.9. The third-order valence-electron chi connectivity index (χ3n) is 4.15. The third kappa shape index (κ3) is 4.79. The van der Waals surface area contributed by atoms with Crippen LogP contribution in [0.5, 0.6) is 0 Å². The topological polar surface area (TPSA) is 75.6 Å². The lowest BCUT2D eigenvalue weighted by Crippen LogP contribution is -2.20. The molecule has 0 aromatic carbocycles. The highest BCUT2D eigenvalue weighted by Gasteiger charge is 2.21. The van der Waals surface area contributed by atoms with E-state index in [2.05, 4.69) is 13.8 Å². The molecule has 0 radical (unpaired) electrons. The zero-order valence-corrected chi connectivity index (χ0v) is 15.0. The zero-order valence-electron chi connectivity index (χ0n) is 15.0. The number of hydroxylamine groups is 1. The normalized spacial score (nSPS) is 10.9. The zero-order chi connectivity index (χ0) is 18.4. The lowest BCUT2D eigenvalue weighted by atomic mass is 10.0. The van der Waals surface area contributed by atoms with Gasteiger partial charge in [-0.3, -0.25) is 10.0 Å². The van der Waals surface area contributed by atoms with Gasteiger partial charge in [0.1, 0.15) is 0 Å². The molecule has 0 aromatic heterocycles. The molecule has 2 N–H and O–H groups in total. The molecule has 0 heterocycles. The van der Waals surface area contributed by atoms with E-state index in [4.69, 9.17) is 9.94 Å². The highest BCUT2D eigenvalue weighted by atomic mass is 16.5. The minimum atomic E-state index is -0.475. The third-order valence-corrected chi connectivity index (χ3v) is 4.15. The summed E-state index contributed by atoms with van der Waals surface area (Å²) in [6, 6.07) is 9.36. The van der Waals surface area contributed by atoms with Crippen LogP contribution in [0, 0.1) is 5.92 Å². The molecular formula is C20H25NO4. The van der Waals surface area contributed by atoms with E-state index in [1.54, 1.807) is 18.5 Å². The number of hydrogen-bond donors (Lipinski definition) is 2. The lowest BCUT2D eigenvalue weighted by molar-refractivity contribution is -0.128. The van der Waals surface area contributed by atoms with Gasteiger partial charge in [0.05, 0.1) is 18.6 Å². The maximum Gasteiger partial charge on any atom is 0.338 e. The molecule has 25 heavy (non-hydrogen) atoms. The fraction of sp³-hybridized carbons (Fsp3) is 0.400. The van der Waals surface area contributed by atoms with Crippen molar-refractivity contribution in [3.63, 3.8) is 0 Å².